The lowest BCUT2D eigenvalue weighted by molar-refractivity contribution is 1.53. The lowest BCUT2D eigenvalue weighted by atomic mass is 9.98. The predicted molar refractivity (Wildman–Crippen MR) is 111 cm³/mol. The molecule has 124 valence electrons. The van der Waals surface area contributed by atoms with Gasteiger partial charge in [0.25, 0.3) is 0 Å². The fourth-order valence-electron chi connectivity index (χ4n) is 3.67. The highest BCUT2D eigenvalue weighted by Gasteiger charge is 2.09. The topological polar surface area (TPSA) is 41.8 Å². The minimum absolute atomic E-state index is 0.786. The second-order valence-corrected chi connectivity index (χ2v) is 6.60. The quantitative estimate of drug-likeness (QED) is 0.369. The van der Waals surface area contributed by atoms with Crippen LogP contribution in [-0.4, -0.2) is 4.98 Å². The molecule has 0 aliphatic carbocycles. The molecule has 5 rings (SSSR count). The molecule has 3 N–H and O–H groups in total. The monoisotopic (exact) mass is 334 g/mol. The molecule has 0 atom stereocenters. The van der Waals surface area contributed by atoms with E-state index >= 15 is 0 Å². The maximum atomic E-state index is 5.91. The van der Waals surface area contributed by atoms with Gasteiger partial charge < -0.3 is 10.7 Å². The van der Waals surface area contributed by atoms with E-state index in [9.17, 15) is 0 Å². The van der Waals surface area contributed by atoms with Gasteiger partial charge in [-0.2, -0.15) is 0 Å². The molecule has 0 amide bonds. The summed E-state index contributed by atoms with van der Waals surface area (Å²) in [5.74, 6) is 0. The van der Waals surface area contributed by atoms with Crippen molar-refractivity contribution in [3.8, 4) is 22.3 Å². The number of nitrogen functional groups attached to an aromatic ring is 1. The van der Waals surface area contributed by atoms with Crippen molar-refractivity contribution in [1.29, 1.82) is 0 Å². The van der Waals surface area contributed by atoms with Crippen LogP contribution in [0.25, 0.3) is 44.1 Å². The first kappa shape index (κ1) is 14.8. The van der Waals surface area contributed by atoms with Crippen molar-refractivity contribution < 1.29 is 0 Å². The lowest BCUT2D eigenvalue weighted by Gasteiger charge is -2.07. The number of aromatic amines is 1. The van der Waals surface area contributed by atoms with E-state index in [1.165, 1.54) is 38.5 Å². The van der Waals surface area contributed by atoms with Crippen LogP contribution >= 0.6 is 0 Å². The Morgan fingerprint density at radius 3 is 2.15 bits per heavy atom. The number of nitrogens with two attached hydrogens (primary N) is 1. The molecule has 0 saturated heterocycles. The summed E-state index contributed by atoms with van der Waals surface area (Å²) in [5, 5.41) is 2.53. The second kappa shape index (κ2) is 5.78. The van der Waals surface area contributed by atoms with Crippen molar-refractivity contribution >= 4 is 27.5 Å². The van der Waals surface area contributed by atoms with Crippen molar-refractivity contribution in [2.75, 3.05) is 5.73 Å². The van der Waals surface area contributed by atoms with Crippen LogP contribution < -0.4 is 5.73 Å². The summed E-state index contributed by atoms with van der Waals surface area (Å²) in [7, 11) is 0. The Morgan fingerprint density at radius 2 is 1.31 bits per heavy atom. The molecule has 1 heterocycles. The minimum Gasteiger partial charge on any atom is -0.399 e. The molecule has 0 unspecified atom stereocenters. The summed E-state index contributed by atoms with van der Waals surface area (Å²) in [5.41, 5.74) is 13.8. The third-order valence-corrected chi connectivity index (χ3v) is 4.96. The van der Waals surface area contributed by atoms with E-state index in [0.29, 0.717) is 0 Å². The van der Waals surface area contributed by atoms with Crippen molar-refractivity contribution in [3.05, 3.63) is 91.0 Å². The number of nitrogens with one attached hydrogen (secondary N) is 1. The molecule has 0 radical (unpaired) electrons. The highest BCUT2D eigenvalue weighted by molar-refractivity contribution is 6.11. The van der Waals surface area contributed by atoms with E-state index < -0.39 is 0 Å². The van der Waals surface area contributed by atoms with E-state index in [-0.39, 0.29) is 0 Å². The number of hydrogen-bond acceptors (Lipinski definition) is 1. The molecule has 0 spiro atoms. The molecular formula is C24H18N2. The van der Waals surface area contributed by atoms with Gasteiger partial charge in [0.15, 0.2) is 0 Å². The van der Waals surface area contributed by atoms with Gasteiger partial charge in [-0.25, -0.2) is 0 Å². The number of aromatic nitrogens is 1. The molecule has 0 aliphatic rings. The molecule has 0 bridgehead atoms. The van der Waals surface area contributed by atoms with E-state index in [1.54, 1.807) is 0 Å². The third-order valence-electron chi connectivity index (χ3n) is 4.96. The van der Waals surface area contributed by atoms with Gasteiger partial charge in [-0.3, -0.25) is 0 Å². The first-order valence-corrected chi connectivity index (χ1v) is 8.75. The van der Waals surface area contributed by atoms with E-state index in [4.69, 9.17) is 5.73 Å². The molecule has 5 aromatic rings. The zero-order valence-corrected chi connectivity index (χ0v) is 14.2. The second-order valence-electron chi connectivity index (χ2n) is 6.60. The smallest absolute Gasteiger partial charge is 0.0544 e. The summed E-state index contributed by atoms with van der Waals surface area (Å²) >= 11 is 0. The maximum absolute atomic E-state index is 5.91. The first-order chi connectivity index (χ1) is 12.8. The summed E-state index contributed by atoms with van der Waals surface area (Å²) in [6, 6.07) is 31.6. The van der Waals surface area contributed by atoms with Gasteiger partial charge in [0.05, 0.1) is 5.52 Å². The highest BCUT2D eigenvalue weighted by Crippen LogP contribution is 2.34. The number of anilines is 1. The van der Waals surface area contributed by atoms with Crippen LogP contribution in [-0.2, 0) is 0 Å². The summed E-state index contributed by atoms with van der Waals surface area (Å²) in [4.78, 5) is 3.58. The average molecular weight is 334 g/mol. The molecule has 2 nitrogen and oxygen atoms in total. The number of fused-ring (bicyclic) bond motifs is 3. The fraction of sp³-hybridized carbons (Fsp3) is 0. The fourth-order valence-corrected chi connectivity index (χ4v) is 3.67. The Bertz CT molecular complexity index is 1230. The molecule has 2 heteroatoms. The number of benzene rings is 4. The molecule has 1 aromatic heterocycles. The van der Waals surface area contributed by atoms with Crippen LogP contribution in [0.5, 0.6) is 0 Å². The Kier molecular flexibility index (Phi) is 3.29. The van der Waals surface area contributed by atoms with Crippen LogP contribution in [0.4, 0.5) is 5.69 Å². The predicted octanol–water partition coefficient (Wildman–Crippen LogP) is 6.24. The molecule has 4 aromatic carbocycles. The summed E-state index contributed by atoms with van der Waals surface area (Å²) < 4.78 is 0. The Balaban J connectivity index is 1.64. The SMILES string of the molecule is Nc1cccc(-c2ccc(-c3cccc4c3[nH]c3ccccc34)cc2)c1. The molecule has 0 fully saturated rings. The van der Waals surface area contributed by atoms with Crippen molar-refractivity contribution in [3.63, 3.8) is 0 Å². The molecular weight excluding hydrogens is 316 g/mol. The Labute approximate surface area is 151 Å². The van der Waals surface area contributed by atoms with Gasteiger partial charge in [0.1, 0.15) is 0 Å². The van der Waals surface area contributed by atoms with Crippen LogP contribution in [0.15, 0.2) is 91.0 Å². The normalized spacial score (nSPS) is 11.2. The first-order valence-electron chi connectivity index (χ1n) is 8.75. The Hall–Kier alpha value is -3.52. The standard InChI is InChI=1S/C24H18N2/c25-19-6-3-5-18(15-19)16-11-13-17(14-12-16)20-8-4-9-22-21-7-1-2-10-23(21)26-24(20)22/h1-15,26H,25H2. The summed E-state index contributed by atoms with van der Waals surface area (Å²) in [6.07, 6.45) is 0. The van der Waals surface area contributed by atoms with E-state index in [1.807, 2.05) is 18.2 Å². The van der Waals surface area contributed by atoms with Crippen LogP contribution in [0, 0.1) is 0 Å². The number of hydrogen-bond donors (Lipinski definition) is 2. The van der Waals surface area contributed by atoms with Crippen LogP contribution in [0.1, 0.15) is 0 Å². The largest absolute Gasteiger partial charge is 0.399 e. The zero-order valence-electron chi connectivity index (χ0n) is 14.2. The van der Waals surface area contributed by atoms with Gasteiger partial charge in [0.2, 0.25) is 0 Å². The van der Waals surface area contributed by atoms with Gasteiger partial charge in [-0.05, 0) is 34.9 Å². The number of para-hydroxylation sites is 2. The van der Waals surface area contributed by atoms with Gasteiger partial charge in [-0.15, -0.1) is 0 Å². The van der Waals surface area contributed by atoms with Crippen molar-refractivity contribution in [2.24, 2.45) is 0 Å². The minimum atomic E-state index is 0.786. The Morgan fingerprint density at radius 1 is 0.577 bits per heavy atom. The molecule has 0 aliphatic heterocycles. The number of rotatable bonds is 2. The lowest BCUT2D eigenvalue weighted by Crippen LogP contribution is -1.85. The molecule has 0 saturated carbocycles. The van der Waals surface area contributed by atoms with Gasteiger partial charge in [-0.1, -0.05) is 72.8 Å². The van der Waals surface area contributed by atoms with Gasteiger partial charge in [0, 0.05) is 27.5 Å². The zero-order chi connectivity index (χ0) is 17.5. The maximum Gasteiger partial charge on any atom is 0.0544 e. The molecule has 26 heavy (non-hydrogen) atoms. The van der Waals surface area contributed by atoms with E-state index in [2.05, 4.69) is 77.8 Å². The van der Waals surface area contributed by atoms with Crippen molar-refractivity contribution in [2.45, 2.75) is 0 Å². The van der Waals surface area contributed by atoms with E-state index in [0.717, 1.165) is 11.3 Å². The third kappa shape index (κ3) is 2.35. The highest BCUT2D eigenvalue weighted by atomic mass is 14.7. The van der Waals surface area contributed by atoms with Gasteiger partial charge >= 0.3 is 0 Å². The van der Waals surface area contributed by atoms with Crippen molar-refractivity contribution in [1.82, 2.24) is 4.98 Å². The van der Waals surface area contributed by atoms with Crippen LogP contribution in [0.3, 0.4) is 0 Å². The summed E-state index contributed by atoms with van der Waals surface area (Å²) in [6.45, 7) is 0. The number of H-pyrrole nitrogens is 1. The average Bonchev–Trinajstić information content (AvgIpc) is 3.07. The van der Waals surface area contributed by atoms with Crippen LogP contribution in [0.2, 0.25) is 0 Å².